The molecule has 0 aromatic heterocycles. The van der Waals surface area contributed by atoms with E-state index in [0.29, 0.717) is 5.69 Å². The number of carbonyl (C=O) groups excluding carboxylic acids is 2. The predicted octanol–water partition coefficient (Wildman–Crippen LogP) is 0.632. The minimum Gasteiger partial charge on any atom is -0.478 e. The Morgan fingerprint density at radius 1 is 1.38 bits per heavy atom. The van der Waals surface area contributed by atoms with Crippen molar-refractivity contribution in [2.45, 2.75) is 19.4 Å². The molecule has 0 aliphatic carbocycles. The van der Waals surface area contributed by atoms with Crippen LogP contribution in [0.4, 0.5) is 11.4 Å². The fraction of sp³-hybridized carbons (Fsp3) is 0.214. The van der Waals surface area contributed by atoms with Crippen LogP contribution in [-0.2, 0) is 9.59 Å². The number of aromatic carboxylic acids is 1. The molecular formula is C14H15N3O4. The van der Waals surface area contributed by atoms with Gasteiger partial charge >= 0.3 is 5.97 Å². The number of carboxylic acids is 1. The van der Waals surface area contributed by atoms with E-state index in [9.17, 15) is 14.4 Å². The van der Waals surface area contributed by atoms with Crippen LogP contribution in [0.5, 0.6) is 0 Å². The van der Waals surface area contributed by atoms with Gasteiger partial charge in [-0.1, -0.05) is 0 Å². The Balaban J connectivity index is 3.02. The molecule has 0 spiro atoms. The smallest absolute Gasteiger partial charge is 0.337 e. The lowest BCUT2D eigenvalue weighted by atomic mass is 10.1. The number of carbonyl (C=O) groups is 3. The average molecular weight is 289 g/mol. The van der Waals surface area contributed by atoms with Gasteiger partial charge in [-0.05, 0) is 18.2 Å². The molecule has 1 atom stereocenters. The summed E-state index contributed by atoms with van der Waals surface area (Å²) in [5.74, 6) is 0.0905. The largest absolute Gasteiger partial charge is 0.478 e. The minimum absolute atomic E-state index is 0.0399. The predicted molar refractivity (Wildman–Crippen MR) is 77.8 cm³/mol. The van der Waals surface area contributed by atoms with Gasteiger partial charge in [0.1, 0.15) is 0 Å². The first-order valence-electron chi connectivity index (χ1n) is 6.00. The molecule has 0 heterocycles. The van der Waals surface area contributed by atoms with Crippen LogP contribution in [0.15, 0.2) is 18.2 Å². The molecule has 21 heavy (non-hydrogen) atoms. The topological polar surface area (TPSA) is 122 Å². The van der Waals surface area contributed by atoms with E-state index in [1.54, 1.807) is 0 Å². The van der Waals surface area contributed by atoms with Gasteiger partial charge in [-0.3, -0.25) is 9.59 Å². The lowest BCUT2D eigenvalue weighted by molar-refractivity contribution is -0.117. The molecule has 1 aromatic carbocycles. The lowest BCUT2D eigenvalue weighted by Gasteiger charge is -2.13. The molecule has 110 valence electrons. The molecule has 0 bridgehead atoms. The summed E-state index contributed by atoms with van der Waals surface area (Å²) < 4.78 is 0. The minimum atomic E-state index is -1.25. The third kappa shape index (κ3) is 4.63. The highest BCUT2D eigenvalue weighted by atomic mass is 16.4. The molecule has 5 N–H and O–H groups in total. The SMILES string of the molecule is C#CCC(N)C(=O)Nc1ccc(NC(C)=O)cc1C(=O)O. The van der Waals surface area contributed by atoms with Crippen LogP contribution < -0.4 is 16.4 Å². The Morgan fingerprint density at radius 3 is 2.57 bits per heavy atom. The van der Waals surface area contributed by atoms with Gasteiger partial charge in [-0.2, -0.15) is 0 Å². The molecule has 0 radical (unpaired) electrons. The van der Waals surface area contributed by atoms with Gasteiger partial charge in [-0.25, -0.2) is 4.79 Å². The summed E-state index contributed by atoms with van der Waals surface area (Å²) >= 11 is 0. The number of anilines is 2. The van der Waals surface area contributed by atoms with Crippen LogP contribution in [0.3, 0.4) is 0 Å². The molecule has 0 aliphatic rings. The quantitative estimate of drug-likeness (QED) is 0.592. The molecule has 1 unspecified atom stereocenters. The normalized spacial score (nSPS) is 11.1. The van der Waals surface area contributed by atoms with E-state index in [-0.39, 0.29) is 23.6 Å². The van der Waals surface area contributed by atoms with Crippen molar-refractivity contribution < 1.29 is 19.5 Å². The van der Waals surface area contributed by atoms with Crippen molar-refractivity contribution >= 4 is 29.2 Å². The molecule has 1 aromatic rings. The second-order valence-corrected chi connectivity index (χ2v) is 4.25. The summed E-state index contributed by atoms with van der Waals surface area (Å²) in [4.78, 5) is 33.9. The van der Waals surface area contributed by atoms with Crippen molar-refractivity contribution in [3.05, 3.63) is 23.8 Å². The number of nitrogens with one attached hydrogen (secondary N) is 2. The number of nitrogens with two attached hydrogens (primary N) is 1. The maximum atomic E-state index is 11.7. The molecule has 7 heteroatoms. The number of hydrogen-bond acceptors (Lipinski definition) is 4. The molecular weight excluding hydrogens is 274 g/mol. The second-order valence-electron chi connectivity index (χ2n) is 4.25. The van der Waals surface area contributed by atoms with E-state index in [1.165, 1.54) is 25.1 Å². The first-order valence-corrected chi connectivity index (χ1v) is 6.00. The van der Waals surface area contributed by atoms with Crippen molar-refractivity contribution in [1.29, 1.82) is 0 Å². The highest BCUT2D eigenvalue weighted by molar-refractivity contribution is 6.03. The van der Waals surface area contributed by atoms with Crippen LogP contribution in [-0.4, -0.2) is 28.9 Å². The third-order valence-corrected chi connectivity index (χ3v) is 2.50. The van der Waals surface area contributed by atoms with Gasteiger partial charge < -0.3 is 21.5 Å². The molecule has 0 fully saturated rings. The Morgan fingerprint density at radius 2 is 2.05 bits per heavy atom. The summed E-state index contributed by atoms with van der Waals surface area (Å²) in [5, 5.41) is 14.0. The average Bonchev–Trinajstić information content (AvgIpc) is 2.39. The fourth-order valence-corrected chi connectivity index (χ4v) is 1.56. The number of rotatable bonds is 5. The number of carboxylic acid groups (broad SMARTS) is 1. The number of hydrogen-bond donors (Lipinski definition) is 4. The van der Waals surface area contributed by atoms with E-state index in [1.807, 2.05) is 0 Å². The summed E-state index contributed by atoms with van der Waals surface area (Å²) in [6.45, 7) is 1.30. The second kappa shape index (κ2) is 7.07. The number of amides is 2. The highest BCUT2D eigenvalue weighted by Crippen LogP contribution is 2.21. The van der Waals surface area contributed by atoms with Crippen LogP contribution in [0, 0.1) is 12.3 Å². The van der Waals surface area contributed by atoms with E-state index >= 15 is 0 Å². The zero-order chi connectivity index (χ0) is 16.0. The fourth-order valence-electron chi connectivity index (χ4n) is 1.56. The summed E-state index contributed by atoms with van der Waals surface area (Å²) in [6, 6.07) is 3.16. The van der Waals surface area contributed by atoms with Gasteiger partial charge in [0.25, 0.3) is 0 Å². The molecule has 7 nitrogen and oxygen atoms in total. The van der Waals surface area contributed by atoms with Crippen LogP contribution in [0.25, 0.3) is 0 Å². The van der Waals surface area contributed by atoms with Crippen molar-refractivity contribution in [1.82, 2.24) is 0 Å². The molecule has 0 saturated heterocycles. The number of benzene rings is 1. The monoisotopic (exact) mass is 289 g/mol. The van der Waals surface area contributed by atoms with Crippen molar-refractivity contribution in [3.63, 3.8) is 0 Å². The van der Waals surface area contributed by atoms with Crippen molar-refractivity contribution in [2.75, 3.05) is 10.6 Å². The van der Waals surface area contributed by atoms with Crippen LogP contribution >= 0.6 is 0 Å². The Bertz CT molecular complexity index is 619. The maximum Gasteiger partial charge on any atom is 0.337 e. The molecule has 0 aliphatic heterocycles. The van der Waals surface area contributed by atoms with Gasteiger partial charge in [0, 0.05) is 19.0 Å². The Kier molecular flexibility index (Phi) is 5.46. The Labute approximate surface area is 121 Å². The number of terminal acetylenes is 1. The van der Waals surface area contributed by atoms with Gasteiger partial charge in [-0.15, -0.1) is 12.3 Å². The zero-order valence-electron chi connectivity index (χ0n) is 11.3. The van der Waals surface area contributed by atoms with E-state index in [4.69, 9.17) is 17.3 Å². The van der Waals surface area contributed by atoms with Crippen LogP contribution in [0.1, 0.15) is 23.7 Å². The van der Waals surface area contributed by atoms with Crippen molar-refractivity contribution in [3.8, 4) is 12.3 Å². The Hall–Kier alpha value is -2.85. The van der Waals surface area contributed by atoms with E-state index in [2.05, 4.69) is 16.6 Å². The molecule has 2 amide bonds. The van der Waals surface area contributed by atoms with E-state index < -0.39 is 17.9 Å². The highest BCUT2D eigenvalue weighted by Gasteiger charge is 2.17. The van der Waals surface area contributed by atoms with Gasteiger partial charge in [0.05, 0.1) is 17.3 Å². The van der Waals surface area contributed by atoms with E-state index in [0.717, 1.165) is 0 Å². The van der Waals surface area contributed by atoms with Gasteiger partial charge in [0.15, 0.2) is 0 Å². The summed E-state index contributed by atoms with van der Waals surface area (Å²) in [6.07, 6.45) is 5.10. The van der Waals surface area contributed by atoms with Crippen LogP contribution in [0.2, 0.25) is 0 Å². The standard InChI is InChI=1S/C14H15N3O4/c1-3-4-11(15)13(19)17-12-6-5-9(16-8(2)18)7-10(12)14(20)21/h1,5-7,11H,4,15H2,2H3,(H,16,18)(H,17,19)(H,20,21). The van der Waals surface area contributed by atoms with Crippen molar-refractivity contribution in [2.24, 2.45) is 5.73 Å². The first-order chi connectivity index (χ1) is 9.85. The third-order valence-electron chi connectivity index (χ3n) is 2.50. The summed E-state index contributed by atoms with van der Waals surface area (Å²) in [5.41, 5.74) is 5.76. The lowest BCUT2D eigenvalue weighted by Crippen LogP contribution is -2.35. The van der Waals surface area contributed by atoms with Gasteiger partial charge in [0.2, 0.25) is 11.8 Å². The maximum absolute atomic E-state index is 11.7. The summed E-state index contributed by atoms with van der Waals surface area (Å²) in [7, 11) is 0. The molecule has 0 saturated carbocycles. The molecule has 1 rings (SSSR count). The first kappa shape index (κ1) is 16.2. The zero-order valence-corrected chi connectivity index (χ0v) is 11.3.